The predicted octanol–water partition coefficient (Wildman–Crippen LogP) is 2.09. The standard InChI is InChI=1S/C12H22O2/c1-3-5-7-11(13)9-10-12(14)8-6-4-2/h11-14H,3-8H2,1-2H3. The smallest absolute Gasteiger partial charge is 0.114 e. The first-order valence-corrected chi connectivity index (χ1v) is 5.57. The van der Waals surface area contributed by atoms with Crippen LogP contribution in [0.4, 0.5) is 0 Å². The summed E-state index contributed by atoms with van der Waals surface area (Å²) in [7, 11) is 0. The Morgan fingerprint density at radius 1 is 0.857 bits per heavy atom. The van der Waals surface area contributed by atoms with Gasteiger partial charge in [-0.15, -0.1) is 0 Å². The normalized spacial score (nSPS) is 14.3. The molecular weight excluding hydrogens is 176 g/mol. The van der Waals surface area contributed by atoms with Gasteiger partial charge in [0.25, 0.3) is 0 Å². The number of unbranched alkanes of at least 4 members (excludes halogenated alkanes) is 2. The van der Waals surface area contributed by atoms with Crippen LogP contribution in [0.1, 0.15) is 52.4 Å². The van der Waals surface area contributed by atoms with Crippen molar-refractivity contribution in [3.8, 4) is 11.8 Å². The first-order valence-electron chi connectivity index (χ1n) is 5.57. The van der Waals surface area contributed by atoms with Crippen LogP contribution in [0.5, 0.6) is 0 Å². The van der Waals surface area contributed by atoms with E-state index in [1.165, 1.54) is 0 Å². The van der Waals surface area contributed by atoms with Crippen LogP contribution in [0, 0.1) is 11.8 Å². The van der Waals surface area contributed by atoms with E-state index in [0.717, 1.165) is 25.7 Å². The highest BCUT2D eigenvalue weighted by molar-refractivity contribution is 5.08. The number of hydrogen-bond donors (Lipinski definition) is 2. The van der Waals surface area contributed by atoms with Crippen molar-refractivity contribution in [2.45, 2.75) is 64.6 Å². The van der Waals surface area contributed by atoms with E-state index in [-0.39, 0.29) is 0 Å². The molecule has 0 aliphatic carbocycles. The largest absolute Gasteiger partial charge is 0.380 e. The maximum absolute atomic E-state index is 9.37. The van der Waals surface area contributed by atoms with Crippen LogP contribution in [0.2, 0.25) is 0 Å². The maximum Gasteiger partial charge on any atom is 0.114 e. The molecule has 14 heavy (non-hydrogen) atoms. The molecule has 0 aromatic carbocycles. The van der Waals surface area contributed by atoms with Crippen LogP contribution >= 0.6 is 0 Å². The minimum Gasteiger partial charge on any atom is -0.380 e. The molecule has 0 aromatic rings. The zero-order chi connectivity index (χ0) is 10.8. The maximum atomic E-state index is 9.37. The van der Waals surface area contributed by atoms with Gasteiger partial charge in [0.15, 0.2) is 0 Å². The van der Waals surface area contributed by atoms with Crippen molar-refractivity contribution in [1.82, 2.24) is 0 Å². The summed E-state index contributed by atoms with van der Waals surface area (Å²) < 4.78 is 0. The highest BCUT2D eigenvalue weighted by atomic mass is 16.3. The molecule has 2 heteroatoms. The SMILES string of the molecule is CCCCC(O)C#CC(O)CCCC. The van der Waals surface area contributed by atoms with Gasteiger partial charge < -0.3 is 10.2 Å². The molecule has 0 saturated heterocycles. The van der Waals surface area contributed by atoms with Gasteiger partial charge in [0.2, 0.25) is 0 Å². The summed E-state index contributed by atoms with van der Waals surface area (Å²) in [5, 5.41) is 18.7. The monoisotopic (exact) mass is 198 g/mol. The summed E-state index contributed by atoms with van der Waals surface area (Å²) in [6, 6.07) is 0. The van der Waals surface area contributed by atoms with Gasteiger partial charge >= 0.3 is 0 Å². The van der Waals surface area contributed by atoms with E-state index in [1.807, 2.05) is 0 Å². The Hall–Kier alpha value is -0.520. The van der Waals surface area contributed by atoms with Crippen LogP contribution in [-0.2, 0) is 0 Å². The molecule has 0 aromatic heterocycles. The molecule has 0 radical (unpaired) electrons. The fourth-order valence-electron chi connectivity index (χ4n) is 1.13. The second-order valence-electron chi connectivity index (χ2n) is 3.60. The van der Waals surface area contributed by atoms with E-state index in [0.29, 0.717) is 12.8 Å². The van der Waals surface area contributed by atoms with Crippen LogP contribution < -0.4 is 0 Å². The van der Waals surface area contributed by atoms with Gasteiger partial charge in [0.05, 0.1) is 0 Å². The van der Waals surface area contributed by atoms with E-state index in [1.54, 1.807) is 0 Å². The molecule has 82 valence electrons. The van der Waals surface area contributed by atoms with Gasteiger partial charge in [0.1, 0.15) is 12.2 Å². The van der Waals surface area contributed by atoms with Crippen molar-refractivity contribution in [1.29, 1.82) is 0 Å². The molecule has 0 aliphatic rings. The van der Waals surface area contributed by atoms with E-state index in [9.17, 15) is 10.2 Å². The molecule has 0 bridgehead atoms. The first kappa shape index (κ1) is 13.5. The second-order valence-corrected chi connectivity index (χ2v) is 3.60. The number of rotatable bonds is 6. The molecule has 2 N–H and O–H groups in total. The Morgan fingerprint density at radius 2 is 1.21 bits per heavy atom. The molecular formula is C12H22O2. The van der Waals surface area contributed by atoms with Gasteiger partial charge in [-0.2, -0.15) is 0 Å². The van der Waals surface area contributed by atoms with Crippen LogP contribution in [0.15, 0.2) is 0 Å². The van der Waals surface area contributed by atoms with Crippen LogP contribution in [0.3, 0.4) is 0 Å². The molecule has 0 heterocycles. The lowest BCUT2D eigenvalue weighted by Crippen LogP contribution is -2.06. The highest BCUT2D eigenvalue weighted by Gasteiger charge is 2.00. The number of hydrogen-bond acceptors (Lipinski definition) is 2. The Kier molecular flexibility index (Phi) is 8.72. The van der Waals surface area contributed by atoms with Crippen LogP contribution in [-0.4, -0.2) is 22.4 Å². The summed E-state index contributed by atoms with van der Waals surface area (Å²) in [6.07, 6.45) is 4.40. The average molecular weight is 198 g/mol. The fraction of sp³-hybridized carbons (Fsp3) is 0.833. The van der Waals surface area contributed by atoms with Gasteiger partial charge in [0, 0.05) is 0 Å². The fourth-order valence-corrected chi connectivity index (χ4v) is 1.13. The van der Waals surface area contributed by atoms with E-state index in [4.69, 9.17) is 0 Å². The highest BCUT2D eigenvalue weighted by Crippen LogP contribution is 2.01. The molecule has 0 spiro atoms. The van der Waals surface area contributed by atoms with Gasteiger partial charge in [-0.3, -0.25) is 0 Å². The first-order chi connectivity index (χ1) is 6.70. The average Bonchev–Trinajstić information content (AvgIpc) is 2.20. The second kappa shape index (κ2) is 9.05. The Labute approximate surface area is 87.3 Å². The molecule has 2 unspecified atom stereocenters. The minimum atomic E-state index is -0.564. The lowest BCUT2D eigenvalue weighted by molar-refractivity contribution is 0.208. The van der Waals surface area contributed by atoms with Crippen molar-refractivity contribution in [2.75, 3.05) is 0 Å². The van der Waals surface area contributed by atoms with Crippen molar-refractivity contribution in [3.63, 3.8) is 0 Å². The topological polar surface area (TPSA) is 40.5 Å². The molecule has 2 nitrogen and oxygen atoms in total. The zero-order valence-corrected chi connectivity index (χ0v) is 9.29. The Bertz CT molecular complexity index is 160. The third-order valence-electron chi connectivity index (χ3n) is 2.08. The van der Waals surface area contributed by atoms with E-state index >= 15 is 0 Å². The quantitative estimate of drug-likeness (QED) is 0.642. The van der Waals surface area contributed by atoms with Crippen molar-refractivity contribution in [2.24, 2.45) is 0 Å². The molecule has 0 rings (SSSR count). The third kappa shape index (κ3) is 8.10. The summed E-state index contributed by atoms with van der Waals surface area (Å²) in [4.78, 5) is 0. The van der Waals surface area contributed by atoms with Crippen LogP contribution in [0.25, 0.3) is 0 Å². The number of aliphatic hydroxyl groups excluding tert-OH is 2. The molecule has 0 fully saturated rings. The van der Waals surface area contributed by atoms with Crippen molar-refractivity contribution < 1.29 is 10.2 Å². The molecule has 0 amide bonds. The number of aliphatic hydroxyl groups is 2. The Balaban J connectivity index is 3.65. The molecule has 2 atom stereocenters. The van der Waals surface area contributed by atoms with Crippen molar-refractivity contribution in [3.05, 3.63) is 0 Å². The molecule has 0 aliphatic heterocycles. The Morgan fingerprint density at radius 3 is 1.50 bits per heavy atom. The minimum absolute atomic E-state index is 0.564. The summed E-state index contributed by atoms with van der Waals surface area (Å²) in [5.74, 6) is 5.36. The summed E-state index contributed by atoms with van der Waals surface area (Å²) in [5.41, 5.74) is 0. The third-order valence-corrected chi connectivity index (χ3v) is 2.08. The lowest BCUT2D eigenvalue weighted by Gasteiger charge is -2.03. The summed E-state index contributed by atoms with van der Waals surface area (Å²) in [6.45, 7) is 4.16. The molecule has 0 saturated carbocycles. The van der Waals surface area contributed by atoms with Crippen molar-refractivity contribution >= 4 is 0 Å². The van der Waals surface area contributed by atoms with E-state index in [2.05, 4.69) is 25.7 Å². The predicted molar refractivity (Wildman–Crippen MR) is 58.8 cm³/mol. The zero-order valence-electron chi connectivity index (χ0n) is 9.29. The van der Waals surface area contributed by atoms with Gasteiger partial charge in [-0.1, -0.05) is 51.4 Å². The van der Waals surface area contributed by atoms with E-state index < -0.39 is 12.2 Å². The van der Waals surface area contributed by atoms with Gasteiger partial charge in [-0.05, 0) is 12.8 Å². The summed E-state index contributed by atoms with van der Waals surface area (Å²) >= 11 is 0. The van der Waals surface area contributed by atoms with Gasteiger partial charge in [-0.25, -0.2) is 0 Å². The lowest BCUT2D eigenvalue weighted by atomic mass is 10.1.